The van der Waals surface area contributed by atoms with E-state index in [1.165, 1.54) is 25.3 Å². The Morgan fingerprint density at radius 3 is 2.47 bits per heavy atom. The first-order chi connectivity index (χ1) is 16.1. The molecule has 0 saturated heterocycles. The lowest BCUT2D eigenvalue weighted by atomic mass is 10.1. The number of hydrogen-bond acceptors (Lipinski definition) is 8. The number of hydrogen-bond donors (Lipinski definition) is 1. The second-order valence-electron chi connectivity index (χ2n) is 6.78. The summed E-state index contributed by atoms with van der Waals surface area (Å²) >= 11 is 6.07. The molecule has 3 aromatic rings. The molecule has 0 saturated carbocycles. The van der Waals surface area contributed by atoms with Crippen LogP contribution < -0.4 is 9.46 Å². The number of carbonyl (C=O) groups is 1. The molecule has 0 aliphatic rings. The number of carbonyl (C=O) groups excluding carboxylic acids is 1. The highest BCUT2D eigenvalue weighted by Gasteiger charge is 2.23. The van der Waals surface area contributed by atoms with Gasteiger partial charge in [-0.25, -0.2) is 13.2 Å². The maximum Gasteiger partial charge on any atom is 0.338 e. The number of sulfonamides is 1. The van der Waals surface area contributed by atoms with Crippen molar-refractivity contribution in [2.75, 3.05) is 11.8 Å². The van der Waals surface area contributed by atoms with E-state index >= 15 is 0 Å². The summed E-state index contributed by atoms with van der Waals surface area (Å²) in [6, 6.07) is 15.3. The molecule has 0 aliphatic carbocycles. The Morgan fingerprint density at radius 2 is 1.85 bits per heavy atom. The SMILES string of the molecule is COc1ccc([N+](=O)[O-])cc1NS(=O)(=O)c1cc(C(=O)OCc2ccc(C#N)cc2)ccc1Cl. The van der Waals surface area contributed by atoms with Crippen LogP contribution in [0.4, 0.5) is 11.4 Å². The van der Waals surface area contributed by atoms with E-state index in [2.05, 4.69) is 4.72 Å². The molecule has 0 spiro atoms. The summed E-state index contributed by atoms with van der Waals surface area (Å²) in [7, 11) is -3.10. The maximum atomic E-state index is 13.0. The molecule has 12 heteroatoms. The van der Waals surface area contributed by atoms with Crippen molar-refractivity contribution in [3.05, 3.63) is 92.5 Å². The minimum Gasteiger partial charge on any atom is -0.495 e. The van der Waals surface area contributed by atoms with Gasteiger partial charge in [0.05, 0.1) is 39.9 Å². The highest BCUT2D eigenvalue weighted by molar-refractivity contribution is 7.92. The second-order valence-corrected chi connectivity index (χ2v) is 8.84. The lowest BCUT2D eigenvalue weighted by molar-refractivity contribution is -0.384. The zero-order valence-electron chi connectivity index (χ0n) is 17.5. The monoisotopic (exact) mass is 501 g/mol. The van der Waals surface area contributed by atoms with E-state index < -0.39 is 25.8 Å². The molecule has 0 radical (unpaired) electrons. The number of non-ortho nitro benzene ring substituents is 1. The van der Waals surface area contributed by atoms with E-state index in [0.29, 0.717) is 11.1 Å². The van der Waals surface area contributed by atoms with Crippen molar-refractivity contribution >= 4 is 39.0 Å². The standard InChI is InChI=1S/C22H16ClN3O7S/c1-32-20-9-7-17(26(28)29)11-19(20)25-34(30,31)21-10-16(6-8-18(21)23)22(27)33-13-15-4-2-14(12-24)3-5-15/h2-11,25H,13H2,1H3. The first kappa shape index (κ1) is 24.5. The van der Waals surface area contributed by atoms with Crippen molar-refractivity contribution in [2.45, 2.75) is 11.5 Å². The molecule has 3 rings (SSSR count). The number of rotatable bonds is 8. The van der Waals surface area contributed by atoms with E-state index in [-0.39, 0.29) is 34.3 Å². The van der Waals surface area contributed by atoms with Crippen molar-refractivity contribution in [3.8, 4) is 11.8 Å². The number of ether oxygens (including phenoxy) is 2. The van der Waals surface area contributed by atoms with E-state index in [0.717, 1.165) is 18.2 Å². The van der Waals surface area contributed by atoms with Gasteiger partial charge in [0.25, 0.3) is 15.7 Å². The summed E-state index contributed by atoms with van der Waals surface area (Å²) in [6.45, 7) is -0.0988. The van der Waals surface area contributed by atoms with Gasteiger partial charge < -0.3 is 9.47 Å². The van der Waals surface area contributed by atoms with Gasteiger partial charge >= 0.3 is 5.97 Å². The normalized spacial score (nSPS) is 10.7. The van der Waals surface area contributed by atoms with Crippen LogP contribution in [0.1, 0.15) is 21.5 Å². The molecule has 0 aliphatic heterocycles. The van der Waals surface area contributed by atoms with Gasteiger partial charge in [0.2, 0.25) is 0 Å². The molecule has 0 unspecified atom stereocenters. The number of halogens is 1. The number of nitriles is 1. The number of methoxy groups -OCH3 is 1. The van der Waals surface area contributed by atoms with Crippen LogP contribution in [0.3, 0.4) is 0 Å². The van der Waals surface area contributed by atoms with Gasteiger partial charge in [-0.05, 0) is 42.0 Å². The molecular weight excluding hydrogens is 486 g/mol. The number of esters is 1. The molecule has 0 amide bonds. The molecule has 174 valence electrons. The minimum atomic E-state index is -4.37. The number of benzene rings is 3. The van der Waals surface area contributed by atoms with Crippen LogP contribution in [0.5, 0.6) is 5.75 Å². The summed E-state index contributed by atoms with van der Waals surface area (Å²) < 4.78 is 38.5. The Bertz CT molecular complexity index is 1400. The van der Waals surface area contributed by atoms with Gasteiger partial charge in [-0.15, -0.1) is 0 Å². The minimum absolute atomic E-state index is 0.0447. The third-order valence-electron chi connectivity index (χ3n) is 4.55. The first-order valence-corrected chi connectivity index (χ1v) is 11.3. The predicted molar refractivity (Wildman–Crippen MR) is 122 cm³/mol. The van der Waals surface area contributed by atoms with Gasteiger partial charge in [0.15, 0.2) is 0 Å². The third kappa shape index (κ3) is 5.61. The van der Waals surface area contributed by atoms with Gasteiger partial charge in [0, 0.05) is 12.1 Å². The zero-order valence-corrected chi connectivity index (χ0v) is 19.1. The largest absolute Gasteiger partial charge is 0.495 e. The quantitative estimate of drug-likeness (QED) is 0.273. The van der Waals surface area contributed by atoms with Crippen LogP contribution in [0, 0.1) is 21.4 Å². The Labute approximate surface area is 199 Å². The molecule has 0 atom stereocenters. The average molecular weight is 502 g/mol. The summed E-state index contributed by atoms with van der Waals surface area (Å²) in [5.74, 6) is -0.756. The Kier molecular flexibility index (Phi) is 7.35. The molecule has 1 N–H and O–H groups in total. The van der Waals surface area contributed by atoms with Crippen molar-refractivity contribution in [1.29, 1.82) is 5.26 Å². The lowest BCUT2D eigenvalue weighted by Crippen LogP contribution is -2.15. The number of nitrogens with zero attached hydrogens (tertiary/aromatic N) is 2. The van der Waals surface area contributed by atoms with E-state index in [9.17, 15) is 23.3 Å². The van der Waals surface area contributed by atoms with Gasteiger partial charge in [0.1, 0.15) is 17.3 Å². The van der Waals surface area contributed by atoms with Crippen LogP contribution >= 0.6 is 11.6 Å². The smallest absolute Gasteiger partial charge is 0.338 e. The average Bonchev–Trinajstić information content (AvgIpc) is 2.82. The molecular formula is C22H16ClN3O7S. The summed E-state index contributed by atoms with van der Waals surface area (Å²) in [4.78, 5) is 22.4. The number of anilines is 1. The predicted octanol–water partition coefficient (Wildman–Crippen LogP) is 4.29. The topological polar surface area (TPSA) is 149 Å². The second kappa shape index (κ2) is 10.2. The third-order valence-corrected chi connectivity index (χ3v) is 6.39. The summed E-state index contributed by atoms with van der Waals surface area (Å²) in [5, 5.41) is 19.7. The van der Waals surface area contributed by atoms with Crippen LogP contribution in [0.15, 0.2) is 65.6 Å². The molecule has 0 fully saturated rings. The van der Waals surface area contributed by atoms with Crippen LogP contribution in [-0.4, -0.2) is 26.4 Å². The highest BCUT2D eigenvalue weighted by Crippen LogP contribution is 2.32. The molecule has 0 heterocycles. The lowest BCUT2D eigenvalue weighted by Gasteiger charge is -2.13. The Hall–Kier alpha value is -4.14. The number of nitrogens with one attached hydrogen (secondary N) is 1. The highest BCUT2D eigenvalue weighted by atomic mass is 35.5. The van der Waals surface area contributed by atoms with Gasteiger partial charge in [-0.1, -0.05) is 23.7 Å². The molecule has 0 aromatic heterocycles. The first-order valence-electron chi connectivity index (χ1n) is 9.45. The van der Waals surface area contributed by atoms with Gasteiger partial charge in [-0.3, -0.25) is 14.8 Å². The van der Waals surface area contributed by atoms with Crippen molar-refractivity contribution < 1.29 is 27.6 Å². The molecule has 3 aromatic carbocycles. The van der Waals surface area contributed by atoms with Crippen molar-refractivity contribution in [1.82, 2.24) is 0 Å². The number of nitro groups is 1. The van der Waals surface area contributed by atoms with E-state index in [1.807, 2.05) is 6.07 Å². The summed E-state index contributed by atoms with van der Waals surface area (Å²) in [6.07, 6.45) is 0. The van der Waals surface area contributed by atoms with Gasteiger partial charge in [-0.2, -0.15) is 5.26 Å². The fraction of sp³-hybridized carbons (Fsp3) is 0.0909. The zero-order chi connectivity index (χ0) is 24.9. The summed E-state index contributed by atoms with van der Waals surface area (Å²) in [5.41, 5.74) is 0.472. The Morgan fingerprint density at radius 1 is 1.15 bits per heavy atom. The van der Waals surface area contributed by atoms with E-state index in [4.69, 9.17) is 26.3 Å². The fourth-order valence-electron chi connectivity index (χ4n) is 2.83. The Balaban J connectivity index is 1.84. The molecule has 10 nitrogen and oxygen atoms in total. The van der Waals surface area contributed by atoms with Crippen molar-refractivity contribution in [3.63, 3.8) is 0 Å². The van der Waals surface area contributed by atoms with E-state index in [1.54, 1.807) is 24.3 Å². The van der Waals surface area contributed by atoms with Crippen LogP contribution in [-0.2, 0) is 21.4 Å². The van der Waals surface area contributed by atoms with Crippen LogP contribution in [0.2, 0.25) is 5.02 Å². The van der Waals surface area contributed by atoms with Crippen LogP contribution in [0.25, 0.3) is 0 Å². The molecule has 34 heavy (non-hydrogen) atoms. The number of nitro benzene ring substituents is 1. The van der Waals surface area contributed by atoms with Crippen molar-refractivity contribution in [2.24, 2.45) is 0 Å². The fourth-order valence-corrected chi connectivity index (χ4v) is 4.42. The molecule has 0 bridgehead atoms. The maximum absolute atomic E-state index is 13.0.